The Balaban J connectivity index is 3.94. The fraction of sp³-hybridized carbons (Fsp3) is 0.917. The third-order valence-corrected chi connectivity index (χ3v) is 5.36. The van der Waals surface area contributed by atoms with Gasteiger partial charge in [-0.05, 0) is 25.7 Å². The van der Waals surface area contributed by atoms with E-state index in [2.05, 4.69) is 13.8 Å². The molecule has 0 spiro atoms. The first-order chi connectivity index (χ1) is 13.3. The summed E-state index contributed by atoms with van der Waals surface area (Å²) >= 11 is 0. The van der Waals surface area contributed by atoms with Gasteiger partial charge in [0, 0.05) is 6.42 Å². The molecule has 0 saturated heterocycles. The lowest BCUT2D eigenvalue weighted by Gasteiger charge is -2.16. The number of carbonyl (C=O) groups excluding carboxylic acids is 2. The molecule has 0 N–H and O–H groups in total. The van der Waals surface area contributed by atoms with E-state index in [0.717, 1.165) is 64.1 Å². The zero-order valence-corrected chi connectivity index (χ0v) is 18.3. The van der Waals surface area contributed by atoms with Crippen molar-refractivity contribution in [2.45, 2.75) is 129 Å². The SMILES string of the molecule is CCCCCCCCC(CCCCCC)C(=O)OCCCCCCCC=O. The molecule has 1 atom stereocenters. The fourth-order valence-corrected chi connectivity index (χ4v) is 3.52. The standard InChI is InChI=1S/C24H46O3/c1-3-5-7-9-12-16-20-23(19-15-8-6-4-2)24(26)27-22-18-14-11-10-13-17-21-25/h21,23H,3-20,22H2,1-2H3. The van der Waals surface area contributed by atoms with Crippen molar-refractivity contribution in [2.24, 2.45) is 5.92 Å². The van der Waals surface area contributed by atoms with Crippen molar-refractivity contribution in [1.29, 1.82) is 0 Å². The fourth-order valence-electron chi connectivity index (χ4n) is 3.52. The van der Waals surface area contributed by atoms with E-state index in [9.17, 15) is 9.59 Å². The quantitative estimate of drug-likeness (QED) is 0.118. The predicted molar refractivity (Wildman–Crippen MR) is 115 cm³/mol. The van der Waals surface area contributed by atoms with E-state index in [-0.39, 0.29) is 11.9 Å². The van der Waals surface area contributed by atoms with Gasteiger partial charge in [-0.15, -0.1) is 0 Å². The van der Waals surface area contributed by atoms with Gasteiger partial charge in [0.2, 0.25) is 0 Å². The van der Waals surface area contributed by atoms with Crippen LogP contribution in [0.2, 0.25) is 0 Å². The van der Waals surface area contributed by atoms with Crippen molar-refractivity contribution >= 4 is 12.3 Å². The minimum absolute atomic E-state index is 0.0426. The Morgan fingerprint density at radius 1 is 0.704 bits per heavy atom. The van der Waals surface area contributed by atoms with Crippen molar-refractivity contribution < 1.29 is 14.3 Å². The normalized spacial score (nSPS) is 12.1. The lowest BCUT2D eigenvalue weighted by atomic mass is 9.94. The predicted octanol–water partition coefficient (Wildman–Crippen LogP) is 7.41. The van der Waals surface area contributed by atoms with Gasteiger partial charge in [0.25, 0.3) is 0 Å². The van der Waals surface area contributed by atoms with E-state index in [1.54, 1.807) is 0 Å². The van der Waals surface area contributed by atoms with Gasteiger partial charge in [-0.2, -0.15) is 0 Å². The minimum atomic E-state index is 0.0426. The summed E-state index contributed by atoms with van der Waals surface area (Å²) < 4.78 is 5.59. The summed E-state index contributed by atoms with van der Waals surface area (Å²) in [5.74, 6) is 0.154. The third-order valence-electron chi connectivity index (χ3n) is 5.36. The highest BCUT2D eigenvalue weighted by atomic mass is 16.5. The highest BCUT2D eigenvalue weighted by Crippen LogP contribution is 2.20. The number of hydrogen-bond donors (Lipinski definition) is 0. The molecular formula is C24H46O3. The number of aldehydes is 1. The second-order valence-corrected chi connectivity index (χ2v) is 7.99. The van der Waals surface area contributed by atoms with E-state index in [4.69, 9.17) is 4.74 Å². The summed E-state index contributed by atoms with van der Waals surface area (Å²) in [5.41, 5.74) is 0. The molecule has 0 aromatic heterocycles. The van der Waals surface area contributed by atoms with Crippen molar-refractivity contribution in [3.05, 3.63) is 0 Å². The lowest BCUT2D eigenvalue weighted by Crippen LogP contribution is -2.18. The summed E-state index contributed by atoms with van der Waals surface area (Å²) in [6.07, 6.45) is 21.5. The van der Waals surface area contributed by atoms with Crippen molar-refractivity contribution in [1.82, 2.24) is 0 Å². The Hall–Kier alpha value is -0.860. The van der Waals surface area contributed by atoms with Gasteiger partial charge < -0.3 is 9.53 Å². The summed E-state index contributed by atoms with van der Waals surface area (Å²) in [7, 11) is 0. The number of ether oxygens (including phenoxy) is 1. The Morgan fingerprint density at radius 2 is 1.19 bits per heavy atom. The summed E-state index contributed by atoms with van der Waals surface area (Å²) in [6, 6.07) is 0. The highest BCUT2D eigenvalue weighted by Gasteiger charge is 2.19. The van der Waals surface area contributed by atoms with Crippen LogP contribution >= 0.6 is 0 Å². The van der Waals surface area contributed by atoms with E-state index < -0.39 is 0 Å². The number of unbranched alkanes of at least 4 members (excludes halogenated alkanes) is 13. The van der Waals surface area contributed by atoms with Gasteiger partial charge in [-0.3, -0.25) is 4.79 Å². The summed E-state index contributed by atoms with van der Waals surface area (Å²) in [5, 5.41) is 0. The maximum Gasteiger partial charge on any atom is 0.308 e. The van der Waals surface area contributed by atoms with Crippen LogP contribution in [-0.2, 0) is 14.3 Å². The molecule has 3 heteroatoms. The van der Waals surface area contributed by atoms with Crippen molar-refractivity contribution in [3.63, 3.8) is 0 Å². The van der Waals surface area contributed by atoms with Crippen LogP contribution in [0.5, 0.6) is 0 Å². The van der Waals surface area contributed by atoms with E-state index in [0.29, 0.717) is 13.0 Å². The minimum Gasteiger partial charge on any atom is -0.465 e. The summed E-state index contributed by atoms with van der Waals surface area (Å²) in [4.78, 5) is 22.8. The first-order valence-corrected chi connectivity index (χ1v) is 11.9. The van der Waals surface area contributed by atoms with Crippen LogP contribution in [0.1, 0.15) is 129 Å². The lowest BCUT2D eigenvalue weighted by molar-refractivity contribution is -0.149. The molecule has 0 radical (unpaired) electrons. The number of rotatable bonds is 21. The second-order valence-electron chi connectivity index (χ2n) is 7.99. The third kappa shape index (κ3) is 18.3. The Kier molecular flexibility index (Phi) is 20.8. The van der Waals surface area contributed by atoms with Crippen molar-refractivity contribution in [3.8, 4) is 0 Å². The molecule has 0 amide bonds. The van der Waals surface area contributed by atoms with Crippen LogP contribution in [-0.4, -0.2) is 18.9 Å². The molecule has 0 rings (SSSR count). The molecule has 160 valence electrons. The van der Waals surface area contributed by atoms with Gasteiger partial charge in [-0.1, -0.05) is 97.3 Å². The molecular weight excluding hydrogens is 336 g/mol. The van der Waals surface area contributed by atoms with E-state index in [1.165, 1.54) is 51.4 Å². The molecule has 0 fully saturated rings. The van der Waals surface area contributed by atoms with Gasteiger partial charge >= 0.3 is 5.97 Å². The Bertz CT molecular complexity index is 328. The van der Waals surface area contributed by atoms with E-state index >= 15 is 0 Å². The van der Waals surface area contributed by atoms with Crippen LogP contribution in [0.4, 0.5) is 0 Å². The zero-order valence-electron chi connectivity index (χ0n) is 18.3. The molecule has 0 aliphatic rings. The van der Waals surface area contributed by atoms with Gasteiger partial charge in [0.1, 0.15) is 6.29 Å². The van der Waals surface area contributed by atoms with Crippen molar-refractivity contribution in [2.75, 3.05) is 6.61 Å². The van der Waals surface area contributed by atoms with E-state index in [1.807, 2.05) is 0 Å². The molecule has 0 aromatic carbocycles. The topological polar surface area (TPSA) is 43.4 Å². The maximum absolute atomic E-state index is 12.5. The molecule has 27 heavy (non-hydrogen) atoms. The highest BCUT2D eigenvalue weighted by molar-refractivity contribution is 5.72. The molecule has 0 saturated carbocycles. The second kappa shape index (κ2) is 21.4. The average Bonchev–Trinajstić information content (AvgIpc) is 2.68. The van der Waals surface area contributed by atoms with Crippen LogP contribution in [0.15, 0.2) is 0 Å². The zero-order chi connectivity index (χ0) is 20.0. The molecule has 0 bridgehead atoms. The summed E-state index contributed by atoms with van der Waals surface area (Å²) in [6.45, 7) is 5.03. The Morgan fingerprint density at radius 3 is 1.78 bits per heavy atom. The molecule has 0 heterocycles. The monoisotopic (exact) mass is 382 g/mol. The number of carbonyl (C=O) groups is 2. The molecule has 0 aliphatic heterocycles. The van der Waals surface area contributed by atoms with Crippen LogP contribution < -0.4 is 0 Å². The van der Waals surface area contributed by atoms with Gasteiger partial charge in [-0.25, -0.2) is 0 Å². The average molecular weight is 383 g/mol. The van der Waals surface area contributed by atoms with Crippen LogP contribution in [0, 0.1) is 5.92 Å². The van der Waals surface area contributed by atoms with Crippen LogP contribution in [0.3, 0.4) is 0 Å². The molecule has 0 aliphatic carbocycles. The Labute approximate surface area is 169 Å². The maximum atomic E-state index is 12.5. The van der Waals surface area contributed by atoms with Crippen LogP contribution in [0.25, 0.3) is 0 Å². The largest absolute Gasteiger partial charge is 0.465 e. The first kappa shape index (κ1) is 26.1. The number of hydrogen-bond acceptors (Lipinski definition) is 3. The molecule has 1 unspecified atom stereocenters. The molecule has 3 nitrogen and oxygen atoms in total. The smallest absolute Gasteiger partial charge is 0.308 e. The van der Waals surface area contributed by atoms with Gasteiger partial charge in [0.15, 0.2) is 0 Å². The van der Waals surface area contributed by atoms with Gasteiger partial charge in [0.05, 0.1) is 12.5 Å². The first-order valence-electron chi connectivity index (χ1n) is 11.9. The molecule has 0 aromatic rings. The number of esters is 1.